The van der Waals surface area contributed by atoms with Crippen molar-refractivity contribution in [1.82, 2.24) is 15.1 Å². The number of nitrogens with zero attached hydrogens (tertiary/aromatic N) is 3. The van der Waals surface area contributed by atoms with Crippen molar-refractivity contribution in [1.29, 1.82) is 0 Å². The third-order valence-corrected chi connectivity index (χ3v) is 5.64. The summed E-state index contributed by atoms with van der Waals surface area (Å²) < 4.78 is 0. The highest BCUT2D eigenvalue weighted by molar-refractivity contribution is 6.00. The van der Waals surface area contributed by atoms with E-state index in [0.717, 1.165) is 24.2 Å². The third-order valence-electron chi connectivity index (χ3n) is 5.64. The van der Waals surface area contributed by atoms with Gasteiger partial charge in [-0.25, -0.2) is 0 Å². The van der Waals surface area contributed by atoms with Crippen molar-refractivity contribution >= 4 is 23.4 Å². The topological polar surface area (TPSA) is 112 Å². The molecule has 1 unspecified atom stereocenters. The van der Waals surface area contributed by atoms with Gasteiger partial charge in [-0.05, 0) is 31.0 Å². The number of carbonyl (C=O) groups excluding carboxylic acids is 3. The predicted molar refractivity (Wildman–Crippen MR) is 103 cm³/mol. The molecule has 0 saturated carbocycles. The normalized spacial score (nSPS) is 20.6. The van der Waals surface area contributed by atoms with E-state index >= 15 is 0 Å². The maximum atomic E-state index is 12.9. The van der Waals surface area contributed by atoms with Crippen LogP contribution in [-0.4, -0.2) is 52.5 Å². The molecule has 0 aliphatic carbocycles. The summed E-state index contributed by atoms with van der Waals surface area (Å²) in [7, 11) is 0. The Morgan fingerprint density at radius 1 is 1.14 bits per heavy atom. The van der Waals surface area contributed by atoms with Crippen molar-refractivity contribution in [2.45, 2.75) is 25.2 Å². The molecule has 2 saturated heterocycles. The minimum Gasteiger partial charge on any atom is -0.364 e. The molecule has 2 aromatic rings. The number of hydrogen-bond acceptors (Lipinski definition) is 4. The van der Waals surface area contributed by atoms with Gasteiger partial charge in [-0.2, -0.15) is 5.10 Å². The average Bonchev–Trinajstić information content (AvgIpc) is 3.36. The number of aromatic amines is 1. The number of rotatable bonds is 4. The largest absolute Gasteiger partial charge is 0.364 e. The molecule has 2 fully saturated rings. The summed E-state index contributed by atoms with van der Waals surface area (Å²) in [5, 5.41) is 6.81. The summed E-state index contributed by atoms with van der Waals surface area (Å²) >= 11 is 0. The van der Waals surface area contributed by atoms with Crippen molar-refractivity contribution in [3.05, 3.63) is 47.8 Å². The first-order valence-electron chi connectivity index (χ1n) is 9.52. The van der Waals surface area contributed by atoms with E-state index in [0.29, 0.717) is 19.6 Å². The standard InChI is InChI=1S/C20H23N5O3/c21-19(27)17-11-16(22-23-17)13-6-8-24(9-7-13)20(28)14-10-18(26)25(12-14)15-4-2-1-3-5-15/h1-5,11,13-14H,6-10,12H2,(H2,21,27)(H,22,23). The summed E-state index contributed by atoms with van der Waals surface area (Å²) in [6.45, 7) is 1.69. The van der Waals surface area contributed by atoms with Crippen molar-refractivity contribution in [3.63, 3.8) is 0 Å². The van der Waals surface area contributed by atoms with Crippen molar-refractivity contribution < 1.29 is 14.4 Å². The number of amides is 3. The molecule has 1 aromatic carbocycles. The van der Waals surface area contributed by atoms with Crippen LogP contribution >= 0.6 is 0 Å². The van der Waals surface area contributed by atoms with Crippen LogP contribution in [0.25, 0.3) is 0 Å². The van der Waals surface area contributed by atoms with Gasteiger partial charge in [0.05, 0.1) is 5.92 Å². The molecule has 28 heavy (non-hydrogen) atoms. The summed E-state index contributed by atoms with van der Waals surface area (Å²) in [6.07, 6.45) is 1.83. The number of primary amides is 1. The highest BCUT2D eigenvalue weighted by atomic mass is 16.2. The monoisotopic (exact) mass is 381 g/mol. The van der Waals surface area contributed by atoms with E-state index in [1.165, 1.54) is 0 Å². The minimum atomic E-state index is -0.552. The Hall–Kier alpha value is -3.16. The van der Waals surface area contributed by atoms with Crippen LogP contribution in [-0.2, 0) is 9.59 Å². The zero-order valence-corrected chi connectivity index (χ0v) is 15.5. The molecule has 1 atom stereocenters. The van der Waals surface area contributed by atoms with Gasteiger partial charge >= 0.3 is 0 Å². The summed E-state index contributed by atoms with van der Waals surface area (Å²) in [4.78, 5) is 40.0. The van der Waals surface area contributed by atoms with E-state index in [9.17, 15) is 14.4 Å². The predicted octanol–water partition coefficient (Wildman–Crippen LogP) is 1.27. The van der Waals surface area contributed by atoms with E-state index in [1.54, 1.807) is 11.0 Å². The lowest BCUT2D eigenvalue weighted by molar-refractivity contribution is -0.136. The number of aromatic nitrogens is 2. The number of carbonyl (C=O) groups is 3. The van der Waals surface area contributed by atoms with Crippen molar-refractivity contribution in [2.24, 2.45) is 11.7 Å². The molecular weight excluding hydrogens is 358 g/mol. The second-order valence-electron chi connectivity index (χ2n) is 7.41. The number of anilines is 1. The van der Waals surface area contributed by atoms with Crippen LogP contribution < -0.4 is 10.6 Å². The molecule has 146 valence electrons. The lowest BCUT2D eigenvalue weighted by Crippen LogP contribution is -2.42. The minimum absolute atomic E-state index is 0.00382. The Kier molecular flexibility index (Phi) is 4.85. The van der Waals surface area contributed by atoms with Crippen LogP contribution in [0.3, 0.4) is 0 Å². The van der Waals surface area contributed by atoms with Gasteiger partial charge in [0.15, 0.2) is 0 Å². The molecule has 0 radical (unpaired) electrons. The van der Waals surface area contributed by atoms with Crippen LogP contribution in [0.2, 0.25) is 0 Å². The molecule has 1 aromatic heterocycles. The number of nitrogens with one attached hydrogen (secondary N) is 1. The maximum absolute atomic E-state index is 12.9. The Balaban J connectivity index is 1.35. The molecule has 3 amide bonds. The second-order valence-corrected chi connectivity index (χ2v) is 7.41. The van der Waals surface area contributed by atoms with Crippen LogP contribution in [0, 0.1) is 5.92 Å². The molecule has 0 spiro atoms. The van der Waals surface area contributed by atoms with Gasteiger partial charge in [0.2, 0.25) is 11.8 Å². The Labute approximate surface area is 162 Å². The summed E-state index contributed by atoms with van der Waals surface area (Å²) in [5.74, 6) is -0.582. The number of benzene rings is 1. The first-order valence-corrected chi connectivity index (χ1v) is 9.52. The Morgan fingerprint density at radius 2 is 1.86 bits per heavy atom. The molecule has 4 rings (SSSR count). The Bertz CT molecular complexity index is 886. The number of likely N-dealkylation sites (tertiary alicyclic amines) is 1. The highest BCUT2D eigenvalue weighted by Gasteiger charge is 2.38. The molecule has 2 aliphatic rings. The van der Waals surface area contributed by atoms with Crippen molar-refractivity contribution in [3.8, 4) is 0 Å². The average molecular weight is 381 g/mol. The Morgan fingerprint density at radius 3 is 2.50 bits per heavy atom. The summed E-state index contributed by atoms with van der Waals surface area (Å²) in [6, 6.07) is 11.2. The molecule has 3 N–H and O–H groups in total. The van der Waals surface area contributed by atoms with E-state index < -0.39 is 5.91 Å². The quantitative estimate of drug-likeness (QED) is 0.830. The lowest BCUT2D eigenvalue weighted by Gasteiger charge is -2.33. The molecule has 2 aliphatic heterocycles. The first kappa shape index (κ1) is 18.2. The van der Waals surface area contributed by atoms with Gasteiger partial charge in [0, 0.05) is 43.4 Å². The molecular formula is C20H23N5O3. The number of H-pyrrole nitrogens is 1. The third kappa shape index (κ3) is 3.49. The fourth-order valence-corrected chi connectivity index (χ4v) is 4.07. The second kappa shape index (κ2) is 7.46. The van der Waals surface area contributed by atoms with Crippen LogP contribution in [0.4, 0.5) is 5.69 Å². The lowest BCUT2D eigenvalue weighted by atomic mass is 9.92. The van der Waals surface area contributed by atoms with Gasteiger partial charge in [0.1, 0.15) is 5.69 Å². The highest BCUT2D eigenvalue weighted by Crippen LogP contribution is 2.30. The zero-order valence-electron chi connectivity index (χ0n) is 15.5. The molecule has 8 nitrogen and oxygen atoms in total. The van der Waals surface area contributed by atoms with E-state index in [-0.39, 0.29) is 35.8 Å². The van der Waals surface area contributed by atoms with Crippen LogP contribution in [0.5, 0.6) is 0 Å². The number of hydrogen-bond donors (Lipinski definition) is 2. The summed E-state index contributed by atoms with van der Waals surface area (Å²) in [5.41, 5.74) is 7.20. The van der Waals surface area contributed by atoms with Gasteiger partial charge in [-0.1, -0.05) is 18.2 Å². The molecule has 8 heteroatoms. The van der Waals surface area contributed by atoms with Crippen LogP contribution in [0.15, 0.2) is 36.4 Å². The fourth-order valence-electron chi connectivity index (χ4n) is 4.07. The van der Waals surface area contributed by atoms with Gasteiger partial charge < -0.3 is 15.5 Å². The van der Waals surface area contributed by atoms with Crippen molar-refractivity contribution in [2.75, 3.05) is 24.5 Å². The van der Waals surface area contributed by atoms with E-state index in [1.807, 2.05) is 35.2 Å². The van der Waals surface area contributed by atoms with E-state index in [4.69, 9.17) is 5.73 Å². The first-order chi connectivity index (χ1) is 13.5. The van der Waals surface area contributed by atoms with Gasteiger partial charge in [0.25, 0.3) is 5.91 Å². The van der Waals surface area contributed by atoms with Gasteiger partial charge in [-0.15, -0.1) is 0 Å². The number of para-hydroxylation sites is 1. The zero-order chi connectivity index (χ0) is 19.7. The van der Waals surface area contributed by atoms with Gasteiger partial charge in [-0.3, -0.25) is 19.5 Å². The van der Waals surface area contributed by atoms with Crippen LogP contribution in [0.1, 0.15) is 41.4 Å². The maximum Gasteiger partial charge on any atom is 0.269 e. The number of piperidine rings is 1. The van der Waals surface area contributed by atoms with E-state index in [2.05, 4.69) is 10.2 Å². The molecule has 0 bridgehead atoms. The number of nitrogens with two attached hydrogens (primary N) is 1. The smallest absolute Gasteiger partial charge is 0.269 e. The SMILES string of the molecule is NC(=O)c1cc(C2CCN(C(=O)C3CC(=O)N(c4ccccc4)C3)CC2)[nH]n1. The fraction of sp³-hybridized carbons (Fsp3) is 0.400. The molecule has 3 heterocycles.